The zero-order chi connectivity index (χ0) is 21.6. The molecule has 0 atom stereocenters. The Kier molecular flexibility index (Phi) is 4.85. The molecule has 1 fully saturated rings. The average molecular weight is 421 g/mol. The van der Waals surface area contributed by atoms with Crippen molar-refractivity contribution in [2.75, 3.05) is 36.0 Å². The first-order valence-corrected chi connectivity index (χ1v) is 10.9. The molecule has 2 aromatic heterocycles. The predicted molar refractivity (Wildman–Crippen MR) is 119 cm³/mol. The molecule has 3 aliphatic heterocycles. The number of aromatic nitrogens is 3. The zero-order valence-corrected chi connectivity index (χ0v) is 17.8. The molecule has 3 aliphatic rings. The van der Waals surface area contributed by atoms with Crippen molar-refractivity contribution in [1.29, 1.82) is 0 Å². The number of primary amides is 1. The lowest BCUT2D eigenvalue weighted by Crippen LogP contribution is -2.42. The van der Waals surface area contributed by atoms with Gasteiger partial charge in [0.05, 0.1) is 29.8 Å². The number of pyridine rings is 1. The number of carbonyl (C=O) groups excluding carboxylic acids is 1. The summed E-state index contributed by atoms with van der Waals surface area (Å²) in [5.74, 6) is 1.24. The summed E-state index contributed by atoms with van der Waals surface area (Å²) in [4.78, 5) is 34.8. The second-order valence-corrected chi connectivity index (χ2v) is 8.95. The van der Waals surface area contributed by atoms with Gasteiger partial charge in [0.15, 0.2) is 5.84 Å². The van der Waals surface area contributed by atoms with E-state index in [1.807, 2.05) is 12.3 Å². The number of nitrogens with zero attached hydrogens (tertiary/aromatic N) is 6. The van der Waals surface area contributed by atoms with Gasteiger partial charge >= 0.3 is 0 Å². The summed E-state index contributed by atoms with van der Waals surface area (Å²) >= 11 is 0. The van der Waals surface area contributed by atoms with Crippen LogP contribution in [0.5, 0.6) is 0 Å². The highest BCUT2D eigenvalue weighted by Crippen LogP contribution is 2.33. The van der Waals surface area contributed by atoms with Gasteiger partial charge in [0, 0.05) is 19.6 Å². The van der Waals surface area contributed by atoms with Crippen molar-refractivity contribution in [3.8, 4) is 0 Å². The van der Waals surface area contributed by atoms with E-state index in [2.05, 4.69) is 21.7 Å². The first-order chi connectivity index (χ1) is 15.0. The fraction of sp³-hybridized carbons (Fsp3) is 0.500. The summed E-state index contributed by atoms with van der Waals surface area (Å²) in [6.07, 6.45) is 5.73. The summed E-state index contributed by atoms with van der Waals surface area (Å²) in [6.45, 7) is 6.23. The molecule has 0 unspecified atom stereocenters. The molecule has 4 N–H and O–H groups in total. The number of hydrogen-bond donors (Lipinski definition) is 2. The number of aryl methyl sites for hydroxylation is 1. The van der Waals surface area contributed by atoms with Crippen molar-refractivity contribution in [3.63, 3.8) is 0 Å². The highest BCUT2D eigenvalue weighted by Gasteiger charge is 2.32. The maximum absolute atomic E-state index is 11.5. The molecule has 9 nitrogen and oxygen atoms in total. The number of carbonyl (C=O) groups is 1. The number of fused-ring (bicyclic) bond motifs is 2. The molecule has 31 heavy (non-hydrogen) atoms. The number of hydrogen-bond acceptors (Lipinski definition) is 8. The van der Waals surface area contributed by atoms with E-state index in [4.69, 9.17) is 26.4 Å². The van der Waals surface area contributed by atoms with Gasteiger partial charge in [0.2, 0.25) is 0 Å². The SMILES string of the molecule is CC1(CN)CCN(c2cnc3c(n2)CN=C3N2CCCc3nc(C(N)=O)ccc32)CC1. The number of piperidine rings is 1. The van der Waals surface area contributed by atoms with Gasteiger partial charge < -0.3 is 21.3 Å². The van der Waals surface area contributed by atoms with Gasteiger partial charge in [-0.1, -0.05) is 6.92 Å². The summed E-state index contributed by atoms with van der Waals surface area (Å²) in [5, 5.41) is 0. The monoisotopic (exact) mass is 420 g/mol. The van der Waals surface area contributed by atoms with E-state index < -0.39 is 5.91 Å². The molecule has 2 aromatic rings. The number of anilines is 2. The minimum absolute atomic E-state index is 0.223. The fourth-order valence-electron chi connectivity index (χ4n) is 4.59. The molecule has 0 radical (unpaired) electrons. The Morgan fingerprint density at radius 1 is 1.16 bits per heavy atom. The Morgan fingerprint density at radius 2 is 1.97 bits per heavy atom. The van der Waals surface area contributed by atoms with E-state index in [0.29, 0.717) is 12.2 Å². The van der Waals surface area contributed by atoms with E-state index in [-0.39, 0.29) is 5.41 Å². The molecule has 5 rings (SSSR count). The minimum Gasteiger partial charge on any atom is -0.364 e. The summed E-state index contributed by atoms with van der Waals surface area (Å²) in [7, 11) is 0. The second-order valence-electron chi connectivity index (χ2n) is 8.95. The lowest BCUT2D eigenvalue weighted by atomic mass is 9.80. The van der Waals surface area contributed by atoms with Crippen molar-refractivity contribution in [2.24, 2.45) is 21.9 Å². The van der Waals surface area contributed by atoms with Crippen molar-refractivity contribution in [3.05, 3.63) is 41.1 Å². The third-order valence-electron chi connectivity index (χ3n) is 6.75. The number of aliphatic imine (C=N–C) groups is 1. The molecule has 1 amide bonds. The predicted octanol–water partition coefficient (Wildman–Crippen LogP) is 1.25. The molecular formula is C22H28N8O. The average Bonchev–Trinajstić information content (AvgIpc) is 3.22. The molecule has 162 valence electrons. The Balaban J connectivity index is 1.38. The van der Waals surface area contributed by atoms with Crippen molar-refractivity contribution < 1.29 is 4.79 Å². The van der Waals surface area contributed by atoms with Crippen LogP contribution in [0.1, 0.15) is 53.8 Å². The van der Waals surface area contributed by atoms with Crippen LogP contribution in [-0.4, -0.2) is 52.9 Å². The molecule has 9 heteroatoms. The maximum Gasteiger partial charge on any atom is 0.267 e. The minimum atomic E-state index is -0.508. The van der Waals surface area contributed by atoms with Gasteiger partial charge in [-0.05, 0) is 49.8 Å². The zero-order valence-electron chi connectivity index (χ0n) is 17.8. The van der Waals surface area contributed by atoms with Crippen LogP contribution in [0.4, 0.5) is 11.5 Å². The van der Waals surface area contributed by atoms with Gasteiger partial charge in [0.1, 0.15) is 17.2 Å². The van der Waals surface area contributed by atoms with Gasteiger partial charge in [-0.25, -0.2) is 15.0 Å². The highest BCUT2D eigenvalue weighted by molar-refractivity contribution is 6.11. The van der Waals surface area contributed by atoms with Crippen LogP contribution in [0.2, 0.25) is 0 Å². The summed E-state index contributed by atoms with van der Waals surface area (Å²) in [6, 6.07) is 3.59. The van der Waals surface area contributed by atoms with Gasteiger partial charge in [0.25, 0.3) is 5.91 Å². The normalized spacial score (nSPS) is 19.6. The molecule has 5 heterocycles. The van der Waals surface area contributed by atoms with E-state index >= 15 is 0 Å². The summed E-state index contributed by atoms with van der Waals surface area (Å²) in [5.41, 5.74) is 15.4. The van der Waals surface area contributed by atoms with Crippen LogP contribution in [0.3, 0.4) is 0 Å². The number of amidine groups is 1. The van der Waals surface area contributed by atoms with Crippen LogP contribution >= 0.6 is 0 Å². The third kappa shape index (κ3) is 3.52. The first kappa shape index (κ1) is 19.9. The lowest BCUT2D eigenvalue weighted by molar-refractivity contribution is 0.0995. The Morgan fingerprint density at radius 3 is 2.71 bits per heavy atom. The standard InChI is InChI=1S/C22H28N8O/c1-22(13-23)6-9-29(10-7-22)18-12-25-19-16(28-18)11-26-21(19)30-8-2-3-14-17(30)5-4-15(27-14)20(24)31/h4-5,12H,2-3,6-11,13,23H2,1H3,(H2,24,31). The molecule has 0 aliphatic carbocycles. The first-order valence-electron chi connectivity index (χ1n) is 10.9. The molecule has 0 saturated carbocycles. The van der Waals surface area contributed by atoms with E-state index in [0.717, 1.165) is 86.3 Å². The smallest absolute Gasteiger partial charge is 0.267 e. The van der Waals surface area contributed by atoms with Crippen molar-refractivity contribution >= 4 is 23.2 Å². The Labute approximate surface area is 181 Å². The van der Waals surface area contributed by atoms with Crippen molar-refractivity contribution in [1.82, 2.24) is 15.0 Å². The lowest BCUT2D eigenvalue weighted by Gasteiger charge is -2.39. The van der Waals surface area contributed by atoms with Crippen LogP contribution in [-0.2, 0) is 13.0 Å². The second kappa shape index (κ2) is 7.56. The quantitative estimate of drug-likeness (QED) is 0.765. The van der Waals surface area contributed by atoms with Gasteiger partial charge in [-0.3, -0.25) is 9.79 Å². The van der Waals surface area contributed by atoms with E-state index in [1.54, 1.807) is 6.07 Å². The van der Waals surface area contributed by atoms with Crippen molar-refractivity contribution in [2.45, 2.75) is 39.2 Å². The maximum atomic E-state index is 11.5. The highest BCUT2D eigenvalue weighted by atomic mass is 16.1. The number of rotatable bonds is 3. The molecule has 1 saturated heterocycles. The van der Waals surface area contributed by atoms with Gasteiger partial charge in [-0.15, -0.1) is 0 Å². The van der Waals surface area contributed by atoms with Crippen LogP contribution in [0.25, 0.3) is 0 Å². The van der Waals surface area contributed by atoms with Crippen LogP contribution < -0.4 is 21.3 Å². The molecule has 0 spiro atoms. The molecule has 0 aromatic carbocycles. The topological polar surface area (TPSA) is 127 Å². The third-order valence-corrected chi connectivity index (χ3v) is 6.75. The van der Waals surface area contributed by atoms with Gasteiger partial charge in [-0.2, -0.15) is 0 Å². The van der Waals surface area contributed by atoms with Crippen LogP contribution in [0, 0.1) is 5.41 Å². The Hall–Kier alpha value is -3.07. The van der Waals surface area contributed by atoms with Crippen LogP contribution in [0.15, 0.2) is 23.3 Å². The fourth-order valence-corrected chi connectivity index (χ4v) is 4.59. The van der Waals surface area contributed by atoms with E-state index in [9.17, 15) is 4.79 Å². The number of amides is 1. The van der Waals surface area contributed by atoms with E-state index in [1.165, 1.54) is 0 Å². The largest absolute Gasteiger partial charge is 0.364 e. The number of nitrogens with two attached hydrogens (primary N) is 2. The Bertz CT molecular complexity index is 1060. The summed E-state index contributed by atoms with van der Waals surface area (Å²) < 4.78 is 0. The molecule has 0 bridgehead atoms. The molecular weight excluding hydrogens is 392 g/mol.